The summed E-state index contributed by atoms with van der Waals surface area (Å²) >= 11 is 7.03. The van der Waals surface area contributed by atoms with Gasteiger partial charge in [-0.3, -0.25) is 9.59 Å². The number of hydrogen-bond donors (Lipinski definition) is 2. The van der Waals surface area contributed by atoms with Crippen molar-refractivity contribution in [2.24, 2.45) is 5.73 Å². The SMILES string of the molecule is CC(OC(=O)c1ccccc1OCc1ccc(Cl)cc1)C(=O)Nc1sccc1C(N)=O. The fourth-order valence-electron chi connectivity index (χ4n) is 2.59. The highest BCUT2D eigenvalue weighted by molar-refractivity contribution is 7.14. The van der Waals surface area contributed by atoms with Crippen LogP contribution < -0.4 is 15.8 Å². The van der Waals surface area contributed by atoms with Gasteiger partial charge >= 0.3 is 5.97 Å². The van der Waals surface area contributed by atoms with Crippen LogP contribution in [0.25, 0.3) is 0 Å². The summed E-state index contributed by atoms with van der Waals surface area (Å²) in [6.45, 7) is 1.66. The molecule has 0 saturated heterocycles. The zero-order valence-electron chi connectivity index (χ0n) is 16.5. The van der Waals surface area contributed by atoms with Crippen molar-refractivity contribution in [1.29, 1.82) is 0 Å². The molecule has 9 heteroatoms. The Labute approximate surface area is 187 Å². The van der Waals surface area contributed by atoms with E-state index in [4.69, 9.17) is 26.8 Å². The van der Waals surface area contributed by atoms with E-state index in [0.717, 1.165) is 16.9 Å². The Bertz CT molecular complexity index is 1100. The fraction of sp³-hybridized carbons (Fsp3) is 0.136. The van der Waals surface area contributed by atoms with Gasteiger partial charge in [0.05, 0.1) is 5.56 Å². The molecule has 0 fully saturated rings. The van der Waals surface area contributed by atoms with E-state index in [-0.39, 0.29) is 17.7 Å². The second-order valence-electron chi connectivity index (χ2n) is 6.48. The third-order valence-corrected chi connectivity index (χ3v) is 5.32. The van der Waals surface area contributed by atoms with E-state index in [1.165, 1.54) is 13.0 Å². The number of nitrogens with one attached hydrogen (secondary N) is 1. The minimum atomic E-state index is -1.11. The third kappa shape index (κ3) is 5.84. The zero-order chi connectivity index (χ0) is 22.4. The maximum Gasteiger partial charge on any atom is 0.342 e. The number of amides is 2. The summed E-state index contributed by atoms with van der Waals surface area (Å²) in [5.74, 6) is -1.63. The van der Waals surface area contributed by atoms with Crippen molar-refractivity contribution < 1.29 is 23.9 Å². The van der Waals surface area contributed by atoms with Gasteiger partial charge in [-0.15, -0.1) is 11.3 Å². The van der Waals surface area contributed by atoms with Gasteiger partial charge in [0.1, 0.15) is 22.9 Å². The minimum absolute atomic E-state index is 0.185. The van der Waals surface area contributed by atoms with Gasteiger partial charge in [0.2, 0.25) is 0 Å². The van der Waals surface area contributed by atoms with Crippen molar-refractivity contribution in [2.45, 2.75) is 19.6 Å². The molecule has 3 rings (SSSR count). The minimum Gasteiger partial charge on any atom is -0.488 e. The van der Waals surface area contributed by atoms with Crippen LogP contribution in [0.2, 0.25) is 5.02 Å². The normalized spacial score (nSPS) is 11.4. The van der Waals surface area contributed by atoms with Crippen molar-refractivity contribution >= 4 is 45.7 Å². The predicted molar refractivity (Wildman–Crippen MR) is 119 cm³/mol. The van der Waals surface area contributed by atoms with Crippen LogP contribution in [0, 0.1) is 0 Å². The highest BCUT2D eigenvalue weighted by atomic mass is 35.5. The molecule has 0 spiro atoms. The van der Waals surface area contributed by atoms with Crippen LogP contribution in [0.5, 0.6) is 5.75 Å². The largest absolute Gasteiger partial charge is 0.488 e. The summed E-state index contributed by atoms with van der Waals surface area (Å²) < 4.78 is 11.1. The highest BCUT2D eigenvalue weighted by Crippen LogP contribution is 2.24. The van der Waals surface area contributed by atoms with Crippen LogP contribution in [0.15, 0.2) is 60.0 Å². The van der Waals surface area contributed by atoms with Gasteiger partial charge in [0.15, 0.2) is 6.10 Å². The summed E-state index contributed by atoms with van der Waals surface area (Å²) in [6.07, 6.45) is -1.11. The molecule has 0 aliphatic carbocycles. The molecule has 1 heterocycles. The number of thiophene rings is 1. The number of hydrogen-bond acceptors (Lipinski definition) is 6. The summed E-state index contributed by atoms with van der Waals surface area (Å²) in [7, 11) is 0. The van der Waals surface area contributed by atoms with Crippen LogP contribution >= 0.6 is 22.9 Å². The van der Waals surface area contributed by atoms with Crippen molar-refractivity contribution in [2.75, 3.05) is 5.32 Å². The van der Waals surface area contributed by atoms with E-state index in [1.54, 1.807) is 41.8 Å². The van der Waals surface area contributed by atoms with Crippen molar-refractivity contribution in [3.63, 3.8) is 0 Å². The fourth-order valence-corrected chi connectivity index (χ4v) is 3.52. The monoisotopic (exact) mass is 458 g/mol. The molecular formula is C22H19ClN2O5S. The van der Waals surface area contributed by atoms with Gasteiger partial charge in [-0.1, -0.05) is 35.9 Å². The molecule has 3 aromatic rings. The Morgan fingerprint density at radius 2 is 1.77 bits per heavy atom. The molecular weight excluding hydrogens is 440 g/mol. The van der Waals surface area contributed by atoms with Gasteiger partial charge in [-0.2, -0.15) is 0 Å². The van der Waals surface area contributed by atoms with Gasteiger partial charge in [0.25, 0.3) is 11.8 Å². The lowest BCUT2D eigenvalue weighted by atomic mass is 10.2. The number of esters is 1. The first-order valence-corrected chi connectivity index (χ1v) is 10.5. The topological polar surface area (TPSA) is 108 Å². The van der Waals surface area contributed by atoms with E-state index >= 15 is 0 Å². The van der Waals surface area contributed by atoms with Gasteiger partial charge in [-0.05, 0) is 48.2 Å². The second-order valence-corrected chi connectivity index (χ2v) is 7.83. The van der Waals surface area contributed by atoms with Crippen LogP contribution in [0.4, 0.5) is 5.00 Å². The first-order chi connectivity index (χ1) is 14.8. The third-order valence-electron chi connectivity index (χ3n) is 4.24. The Kier molecular flexibility index (Phi) is 7.28. The highest BCUT2D eigenvalue weighted by Gasteiger charge is 2.23. The number of carbonyl (C=O) groups excluding carboxylic acids is 3. The smallest absolute Gasteiger partial charge is 0.342 e. The number of rotatable bonds is 8. The number of halogens is 1. The Balaban J connectivity index is 1.64. The molecule has 0 aliphatic rings. The molecule has 0 radical (unpaired) electrons. The van der Waals surface area contributed by atoms with E-state index in [9.17, 15) is 14.4 Å². The van der Waals surface area contributed by atoms with E-state index in [0.29, 0.717) is 15.8 Å². The predicted octanol–water partition coefficient (Wildman–Crippen LogP) is 4.26. The lowest BCUT2D eigenvalue weighted by Crippen LogP contribution is -2.30. The average Bonchev–Trinajstić information content (AvgIpc) is 3.22. The number of carbonyl (C=O) groups is 3. The van der Waals surface area contributed by atoms with Crippen LogP contribution in [-0.4, -0.2) is 23.9 Å². The number of anilines is 1. The maximum absolute atomic E-state index is 12.6. The molecule has 1 atom stereocenters. The maximum atomic E-state index is 12.6. The van der Waals surface area contributed by atoms with Crippen molar-refractivity contribution in [1.82, 2.24) is 0 Å². The van der Waals surface area contributed by atoms with Gasteiger partial charge < -0.3 is 20.5 Å². The number of primary amides is 1. The van der Waals surface area contributed by atoms with E-state index < -0.39 is 23.9 Å². The summed E-state index contributed by atoms with van der Waals surface area (Å²) in [4.78, 5) is 36.4. The first-order valence-electron chi connectivity index (χ1n) is 9.20. The molecule has 0 bridgehead atoms. The molecule has 3 N–H and O–H groups in total. The molecule has 0 saturated carbocycles. The molecule has 160 valence electrons. The van der Waals surface area contributed by atoms with Gasteiger partial charge in [-0.25, -0.2) is 4.79 Å². The molecule has 2 aromatic carbocycles. The molecule has 31 heavy (non-hydrogen) atoms. The lowest BCUT2D eigenvalue weighted by Gasteiger charge is -2.15. The first kappa shape index (κ1) is 22.3. The number of para-hydroxylation sites is 1. The summed E-state index contributed by atoms with van der Waals surface area (Å²) in [6, 6.07) is 15.2. The molecule has 0 aliphatic heterocycles. The summed E-state index contributed by atoms with van der Waals surface area (Å²) in [5, 5.41) is 5.09. The average molecular weight is 459 g/mol. The molecule has 1 unspecified atom stereocenters. The van der Waals surface area contributed by atoms with Gasteiger partial charge in [0, 0.05) is 5.02 Å². The van der Waals surface area contributed by atoms with E-state index in [1.807, 2.05) is 12.1 Å². The lowest BCUT2D eigenvalue weighted by molar-refractivity contribution is -0.123. The standard InChI is InChI=1S/C22H19ClN2O5S/c1-13(20(27)25-21-17(19(24)26)10-11-31-21)30-22(28)16-4-2-3-5-18(16)29-12-14-6-8-15(23)9-7-14/h2-11,13H,12H2,1H3,(H2,24,26)(H,25,27). The van der Waals surface area contributed by atoms with Crippen LogP contribution in [-0.2, 0) is 16.1 Å². The molecule has 2 amide bonds. The Morgan fingerprint density at radius 1 is 1.06 bits per heavy atom. The van der Waals surface area contributed by atoms with Crippen molar-refractivity contribution in [3.05, 3.63) is 81.7 Å². The second kappa shape index (κ2) is 10.1. The van der Waals surface area contributed by atoms with Crippen LogP contribution in [0.1, 0.15) is 33.2 Å². The Hall–Kier alpha value is -3.36. The van der Waals surface area contributed by atoms with Crippen molar-refractivity contribution in [3.8, 4) is 5.75 Å². The number of ether oxygens (including phenoxy) is 2. The molecule has 1 aromatic heterocycles. The quantitative estimate of drug-likeness (QED) is 0.490. The van der Waals surface area contributed by atoms with Crippen LogP contribution in [0.3, 0.4) is 0 Å². The Morgan fingerprint density at radius 3 is 2.48 bits per heavy atom. The number of benzene rings is 2. The molecule has 7 nitrogen and oxygen atoms in total. The zero-order valence-corrected chi connectivity index (χ0v) is 18.0. The van der Waals surface area contributed by atoms with E-state index in [2.05, 4.69) is 5.32 Å². The number of nitrogens with two attached hydrogens (primary N) is 1. The summed E-state index contributed by atoms with van der Waals surface area (Å²) in [5.41, 5.74) is 6.53.